The summed E-state index contributed by atoms with van der Waals surface area (Å²) in [5.74, 6) is -0.00228. The largest absolute Gasteiger partial charge is 0.512 e. The van der Waals surface area contributed by atoms with E-state index in [1.807, 2.05) is 13.8 Å². The van der Waals surface area contributed by atoms with Gasteiger partial charge in [0.2, 0.25) is 0 Å². The van der Waals surface area contributed by atoms with Gasteiger partial charge < -0.3 is 34.1 Å². The summed E-state index contributed by atoms with van der Waals surface area (Å²) in [6.07, 6.45) is 2.13. The number of ether oxygens (including phenoxy) is 4. The van der Waals surface area contributed by atoms with Crippen molar-refractivity contribution in [3.8, 4) is 0 Å². The first-order valence-corrected chi connectivity index (χ1v) is 14.6. The molecule has 2 N–H and O–H groups in total. The van der Waals surface area contributed by atoms with Gasteiger partial charge in [0.1, 0.15) is 6.10 Å². The average molecular weight is 554 g/mol. The molecular formula is C31H55NO7. The van der Waals surface area contributed by atoms with Gasteiger partial charge in [-0.3, -0.25) is 4.79 Å². The Morgan fingerprint density at radius 3 is 2.18 bits per heavy atom. The molecule has 12 atom stereocenters. The lowest BCUT2D eigenvalue weighted by Gasteiger charge is -2.48. The van der Waals surface area contributed by atoms with Crippen LogP contribution in [0.4, 0.5) is 0 Å². The van der Waals surface area contributed by atoms with Crippen LogP contribution in [0.25, 0.3) is 0 Å². The van der Waals surface area contributed by atoms with Crippen LogP contribution in [0.3, 0.4) is 0 Å². The van der Waals surface area contributed by atoms with Gasteiger partial charge in [0.25, 0.3) is 0 Å². The monoisotopic (exact) mass is 553 g/mol. The second-order valence-corrected chi connectivity index (χ2v) is 12.5. The van der Waals surface area contributed by atoms with Gasteiger partial charge >= 0.3 is 5.97 Å². The normalized spacial score (nSPS) is 42.8. The molecule has 2 heterocycles. The Morgan fingerprint density at radius 1 is 0.949 bits per heavy atom. The van der Waals surface area contributed by atoms with Crippen LogP contribution in [-0.4, -0.2) is 85.1 Å². The molecule has 0 bridgehead atoms. The first kappa shape index (κ1) is 33.8. The number of cyclic esters (lactones) is 1. The highest BCUT2D eigenvalue weighted by molar-refractivity contribution is 5.70. The lowest BCUT2D eigenvalue weighted by atomic mass is 9.81. The standard InChI is InChI=1S/C31H55NO7/c1-17-12-13-25(33)18(2)14-19(3)30(39-31-23(7)28(32(9)10)22(6)24(8)38-31)29(36-11)20(4)15-27(35)37-21(5)16-26(17)34/h12-13,18-25,28-31,33-34H,14-16H2,1-11H3/b13-12+,26-17?/t18-,19+,20-,21-,22?,23?,24?,25?,28?,29+,30+,31?/m1/s1. The van der Waals surface area contributed by atoms with Crippen molar-refractivity contribution in [2.45, 2.75) is 118 Å². The fraction of sp³-hybridized carbons (Fsp3) is 0.839. The topological polar surface area (TPSA) is 97.7 Å². The minimum Gasteiger partial charge on any atom is -0.512 e. The van der Waals surface area contributed by atoms with Crippen LogP contribution in [0.15, 0.2) is 23.5 Å². The number of nitrogens with zero attached hydrogens (tertiary/aromatic N) is 1. The highest BCUT2D eigenvalue weighted by atomic mass is 16.7. The molecule has 39 heavy (non-hydrogen) atoms. The van der Waals surface area contributed by atoms with Crippen molar-refractivity contribution < 1.29 is 34.0 Å². The molecule has 6 unspecified atom stereocenters. The molecule has 2 aliphatic rings. The molecule has 0 aromatic heterocycles. The summed E-state index contributed by atoms with van der Waals surface area (Å²) in [5, 5.41) is 21.4. The minimum atomic E-state index is -0.693. The summed E-state index contributed by atoms with van der Waals surface area (Å²) >= 11 is 0. The zero-order chi connectivity index (χ0) is 29.6. The zero-order valence-corrected chi connectivity index (χ0v) is 26.1. The summed E-state index contributed by atoms with van der Waals surface area (Å²) in [7, 11) is 5.85. The molecule has 0 aliphatic carbocycles. The van der Waals surface area contributed by atoms with Gasteiger partial charge in [0.15, 0.2) is 6.29 Å². The maximum absolute atomic E-state index is 12.9. The lowest BCUT2D eigenvalue weighted by Crippen LogP contribution is -2.56. The Kier molecular flexibility index (Phi) is 13.0. The summed E-state index contributed by atoms with van der Waals surface area (Å²) in [5.41, 5.74) is 0.639. The van der Waals surface area contributed by atoms with Gasteiger partial charge in [0.05, 0.1) is 36.6 Å². The van der Waals surface area contributed by atoms with E-state index >= 15 is 0 Å². The van der Waals surface area contributed by atoms with Crippen molar-refractivity contribution in [2.24, 2.45) is 29.6 Å². The molecule has 8 nitrogen and oxygen atoms in total. The Labute approximate surface area is 236 Å². The first-order valence-electron chi connectivity index (χ1n) is 14.6. The van der Waals surface area contributed by atoms with E-state index in [-0.39, 0.29) is 66.5 Å². The number of aliphatic hydroxyl groups is 2. The van der Waals surface area contributed by atoms with Gasteiger partial charge in [0, 0.05) is 25.5 Å². The number of esters is 1. The van der Waals surface area contributed by atoms with Gasteiger partial charge in [-0.05, 0) is 70.5 Å². The molecule has 0 amide bonds. The number of hydrogen-bond donors (Lipinski definition) is 2. The number of methoxy groups -OCH3 is 1. The van der Waals surface area contributed by atoms with E-state index in [4.69, 9.17) is 18.9 Å². The fourth-order valence-electron chi connectivity index (χ4n) is 6.37. The number of allylic oxidation sites excluding steroid dienone is 2. The summed E-state index contributed by atoms with van der Waals surface area (Å²) in [4.78, 5) is 15.1. The average Bonchev–Trinajstić information content (AvgIpc) is 2.83. The van der Waals surface area contributed by atoms with Crippen LogP contribution in [0, 0.1) is 29.6 Å². The highest BCUT2D eigenvalue weighted by Gasteiger charge is 2.44. The lowest BCUT2D eigenvalue weighted by molar-refractivity contribution is -0.282. The molecule has 226 valence electrons. The van der Waals surface area contributed by atoms with E-state index in [9.17, 15) is 15.0 Å². The number of carbonyl (C=O) groups is 1. The number of hydrogen-bond acceptors (Lipinski definition) is 8. The first-order chi connectivity index (χ1) is 18.2. The van der Waals surface area contributed by atoms with Crippen molar-refractivity contribution in [2.75, 3.05) is 21.2 Å². The molecule has 2 aliphatic heterocycles. The van der Waals surface area contributed by atoms with Crippen LogP contribution < -0.4 is 0 Å². The van der Waals surface area contributed by atoms with E-state index in [2.05, 4.69) is 46.7 Å². The Balaban J connectivity index is 2.43. The van der Waals surface area contributed by atoms with Crippen molar-refractivity contribution in [3.63, 3.8) is 0 Å². The van der Waals surface area contributed by atoms with Gasteiger partial charge in [-0.25, -0.2) is 0 Å². The Morgan fingerprint density at radius 2 is 1.59 bits per heavy atom. The van der Waals surface area contributed by atoms with Crippen LogP contribution in [0.1, 0.15) is 74.7 Å². The third-order valence-electron chi connectivity index (χ3n) is 8.83. The molecular weight excluding hydrogens is 498 g/mol. The second-order valence-electron chi connectivity index (χ2n) is 12.5. The number of carbonyl (C=O) groups excluding carboxylic acids is 1. The predicted octanol–water partition coefficient (Wildman–Crippen LogP) is 5.11. The van der Waals surface area contributed by atoms with E-state index in [1.165, 1.54) is 0 Å². The van der Waals surface area contributed by atoms with Crippen LogP contribution in [-0.2, 0) is 23.7 Å². The van der Waals surface area contributed by atoms with Gasteiger partial charge in [-0.15, -0.1) is 0 Å². The van der Waals surface area contributed by atoms with Crippen LogP contribution >= 0.6 is 0 Å². The molecule has 0 aromatic carbocycles. The van der Waals surface area contributed by atoms with E-state index in [0.717, 1.165) is 0 Å². The maximum Gasteiger partial charge on any atom is 0.306 e. The fourth-order valence-corrected chi connectivity index (χ4v) is 6.37. The van der Waals surface area contributed by atoms with E-state index in [0.29, 0.717) is 17.9 Å². The Hall–Kier alpha value is -1.45. The quantitative estimate of drug-likeness (QED) is 0.464. The molecule has 8 heteroatoms. The van der Waals surface area contributed by atoms with E-state index < -0.39 is 24.6 Å². The van der Waals surface area contributed by atoms with Gasteiger partial charge in [-0.1, -0.05) is 46.8 Å². The summed E-state index contributed by atoms with van der Waals surface area (Å²) in [6.45, 7) is 16.1. The molecule has 0 radical (unpaired) electrons. The zero-order valence-electron chi connectivity index (χ0n) is 26.1. The third-order valence-corrected chi connectivity index (χ3v) is 8.83. The highest BCUT2D eigenvalue weighted by Crippen LogP contribution is 2.37. The maximum atomic E-state index is 12.9. The van der Waals surface area contributed by atoms with Crippen molar-refractivity contribution in [1.29, 1.82) is 0 Å². The minimum absolute atomic E-state index is 0.00777. The molecule has 0 aromatic rings. The van der Waals surface area contributed by atoms with Gasteiger partial charge in [-0.2, -0.15) is 0 Å². The Bertz CT molecular complexity index is 843. The third kappa shape index (κ3) is 9.02. The number of aliphatic hydroxyl groups excluding tert-OH is 2. The second kappa shape index (κ2) is 15.0. The molecule has 1 saturated heterocycles. The predicted molar refractivity (Wildman–Crippen MR) is 153 cm³/mol. The van der Waals surface area contributed by atoms with Crippen molar-refractivity contribution in [3.05, 3.63) is 23.5 Å². The molecule has 0 saturated carbocycles. The molecule has 0 spiro atoms. The van der Waals surface area contributed by atoms with E-state index in [1.54, 1.807) is 33.1 Å². The molecule has 2 rings (SSSR count). The molecule has 1 fully saturated rings. The van der Waals surface area contributed by atoms with Crippen molar-refractivity contribution in [1.82, 2.24) is 4.90 Å². The number of rotatable bonds is 4. The smallest absolute Gasteiger partial charge is 0.306 e. The van der Waals surface area contributed by atoms with Crippen molar-refractivity contribution >= 4 is 5.97 Å². The SMILES string of the molecule is CO[C@@H]1[C@@H](OC2OC(C)C(C)C(N(C)C)C2C)[C@@H](C)C[C@@H](C)C(O)/C=C/C(C)=C(O)C[C@@H](C)OC(=O)C[C@H]1C. The van der Waals surface area contributed by atoms with Crippen LogP contribution in [0.5, 0.6) is 0 Å². The summed E-state index contributed by atoms with van der Waals surface area (Å²) < 4.78 is 24.9. The summed E-state index contributed by atoms with van der Waals surface area (Å²) in [6, 6.07) is 0.286. The van der Waals surface area contributed by atoms with Crippen LogP contribution in [0.2, 0.25) is 0 Å².